The SMILES string of the molecule is O=C(O)/C(=C/c1cc([N+](=O)[O-])cc([N+](=O)[O-])c1O)Sc1nc2ccccc2o1. The van der Waals surface area contributed by atoms with Gasteiger partial charge in [0.1, 0.15) is 10.4 Å². The van der Waals surface area contributed by atoms with Crippen LogP contribution in [-0.4, -0.2) is 31.0 Å². The number of hydrogen-bond donors (Lipinski definition) is 2. The second-order valence-electron chi connectivity index (χ2n) is 5.28. The molecule has 0 amide bonds. The average molecular weight is 403 g/mol. The van der Waals surface area contributed by atoms with E-state index in [1.54, 1.807) is 24.3 Å². The summed E-state index contributed by atoms with van der Waals surface area (Å²) in [6, 6.07) is 8.12. The molecular weight excluding hydrogens is 394 g/mol. The third-order valence-corrected chi connectivity index (χ3v) is 4.34. The van der Waals surface area contributed by atoms with Crippen molar-refractivity contribution in [1.82, 2.24) is 4.98 Å². The lowest BCUT2D eigenvalue weighted by Crippen LogP contribution is -1.98. The van der Waals surface area contributed by atoms with Gasteiger partial charge in [-0.25, -0.2) is 9.78 Å². The molecule has 0 saturated carbocycles. The maximum atomic E-state index is 11.6. The maximum absolute atomic E-state index is 11.6. The highest BCUT2D eigenvalue weighted by molar-refractivity contribution is 8.03. The van der Waals surface area contributed by atoms with Crippen molar-refractivity contribution < 1.29 is 29.3 Å². The van der Waals surface area contributed by atoms with E-state index in [1.807, 2.05) is 0 Å². The molecule has 0 unspecified atom stereocenters. The largest absolute Gasteiger partial charge is 0.502 e. The molecule has 0 spiro atoms. The Morgan fingerprint density at radius 1 is 1.18 bits per heavy atom. The van der Waals surface area contributed by atoms with Crippen LogP contribution >= 0.6 is 11.8 Å². The number of hydrogen-bond acceptors (Lipinski definition) is 9. The van der Waals surface area contributed by atoms with Crippen molar-refractivity contribution >= 4 is 46.3 Å². The highest BCUT2D eigenvalue weighted by atomic mass is 32.2. The van der Waals surface area contributed by atoms with Crippen molar-refractivity contribution in [2.45, 2.75) is 5.22 Å². The number of carboxylic acids is 1. The van der Waals surface area contributed by atoms with Gasteiger partial charge in [0, 0.05) is 11.6 Å². The number of nitrogens with zero attached hydrogens (tertiary/aromatic N) is 3. The molecule has 2 aromatic carbocycles. The Kier molecular flexibility index (Phi) is 4.96. The van der Waals surface area contributed by atoms with E-state index in [0.717, 1.165) is 12.1 Å². The van der Waals surface area contributed by atoms with Crippen molar-refractivity contribution in [1.29, 1.82) is 0 Å². The smallest absolute Gasteiger partial charge is 0.342 e. The van der Waals surface area contributed by atoms with E-state index in [4.69, 9.17) is 4.42 Å². The Hall–Kier alpha value is -3.93. The highest BCUT2D eigenvalue weighted by Crippen LogP contribution is 2.38. The third kappa shape index (κ3) is 3.76. The Morgan fingerprint density at radius 3 is 2.50 bits per heavy atom. The van der Waals surface area contributed by atoms with Crippen LogP contribution in [0.5, 0.6) is 5.75 Å². The minimum absolute atomic E-state index is 0.0192. The number of para-hydroxylation sites is 2. The van der Waals surface area contributed by atoms with Crippen LogP contribution in [0, 0.1) is 20.2 Å². The number of phenols is 1. The van der Waals surface area contributed by atoms with Crippen LogP contribution in [0.25, 0.3) is 17.2 Å². The fraction of sp³-hybridized carbons (Fsp3) is 0. The number of aromatic hydroxyl groups is 1. The van der Waals surface area contributed by atoms with Crippen LogP contribution in [-0.2, 0) is 4.79 Å². The molecule has 3 rings (SSSR count). The van der Waals surface area contributed by atoms with Crippen molar-refractivity contribution in [2.75, 3.05) is 0 Å². The van der Waals surface area contributed by atoms with E-state index in [-0.39, 0.29) is 5.22 Å². The van der Waals surface area contributed by atoms with E-state index >= 15 is 0 Å². The van der Waals surface area contributed by atoms with Gasteiger partial charge in [-0.3, -0.25) is 20.2 Å². The van der Waals surface area contributed by atoms with Gasteiger partial charge in [-0.1, -0.05) is 12.1 Å². The summed E-state index contributed by atoms with van der Waals surface area (Å²) in [7, 11) is 0. The molecule has 2 N–H and O–H groups in total. The number of benzene rings is 2. The van der Waals surface area contributed by atoms with Crippen molar-refractivity contribution in [2.24, 2.45) is 0 Å². The molecule has 0 saturated heterocycles. The molecule has 142 valence electrons. The minimum atomic E-state index is -1.44. The molecule has 0 atom stereocenters. The van der Waals surface area contributed by atoms with Crippen LogP contribution in [0.2, 0.25) is 0 Å². The number of oxazole rings is 1. The molecule has 0 fully saturated rings. The average Bonchev–Trinajstić information content (AvgIpc) is 3.04. The molecule has 1 heterocycles. The van der Waals surface area contributed by atoms with Gasteiger partial charge in [0.15, 0.2) is 5.58 Å². The normalized spacial score (nSPS) is 11.5. The van der Waals surface area contributed by atoms with Gasteiger partial charge in [-0.15, -0.1) is 0 Å². The molecule has 1 aromatic heterocycles. The number of nitro benzene ring substituents is 2. The molecule has 0 aliphatic heterocycles. The Morgan fingerprint density at radius 2 is 1.89 bits per heavy atom. The summed E-state index contributed by atoms with van der Waals surface area (Å²) in [5.41, 5.74) is -1.08. The number of phenolic OH excluding ortho intramolecular Hbond substituents is 1. The lowest BCUT2D eigenvalue weighted by Gasteiger charge is -2.03. The van der Waals surface area contributed by atoms with Gasteiger partial charge in [-0.2, -0.15) is 0 Å². The van der Waals surface area contributed by atoms with Crippen LogP contribution in [0.4, 0.5) is 11.4 Å². The van der Waals surface area contributed by atoms with E-state index in [0.29, 0.717) is 28.9 Å². The Labute approximate surface area is 159 Å². The van der Waals surface area contributed by atoms with Gasteiger partial charge in [0.2, 0.25) is 5.75 Å². The van der Waals surface area contributed by atoms with E-state index < -0.39 is 43.4 Å². The number of non-ortho nitro benzene ring substituents is 1. The standard InChI is InChI=1S/C16H9N3O8S/c20-14-8(5-9(18(23)24)7-11(14)19(25)26)6-13(15(21)22)28-16-17-10-3-1-2-4-12(10)27-16/h1-7,20H,(H,21,22)/b13-6-. The second kappa shape index (κ2) is 7.36. The number of carboxylic acid groups (broad SMARTS) is 1. The zero-order chi connectivity index (χ0) is 20.4. The zero-order valence-electron chi connectivity index (χ0n) is 13.6. The summed E-state index contributed by atoms with van der Waals surface area (Å²) in [6.45, 7) is 0. The monoisotopic (exact) mass is 403 g/mol. The molecule has 28 heavy (non-hydrogen) atoms. The molecule has 12 heteroatoms. The molecule has 0 aliphatic rings. The molecule has 0 radical (unpaired) electrons. The summed E-state index contributed by atoms with van der Waals surface area (Å²) < 4.78 is 5.41. The predicted octanol–water partition coefficient (Wildman–Crippen LogP) is 3.57. The predicted molar refractivity (Wildman–Crippen MR) is 96.9 cm³/mol. The third-order valence-electron chi connectivity index (χ3n) is 3.48. The van der Waals surface area contributed by atoms with E-state index in [1.165, 1.54) is 0 Å². The van der Waals surface area contributed by atoms with Crippen LogP contribution in [0.1, 0.15) is 5.56 Å². The number of aliphatic carboxylic acids is 1. The first-order valence-electron chi connectivity index (χ1n) is 7.40. The van der Waals surface area contributed by atoms with Crippen LogP contribution < -0.4 is 0 Å². The number of aromatic nitrogens is 1. The number of nitro groups is 2. The van der Waals surface area contributed by atoms with Gasteiger partial charge < -0.3 is 14.6 Å². The maximum Gasteiger partial charge on any atom is 0.342 e. The summed E-state index contributed by atoms with van der Waals surface area (Å²) >= 11 is 0.588. The fourth-order valence-corrected chi connectivity index (χ4v) is 2.98. The molecule has 0 bridgehead atoms. The summed E-state index contributed by atoms with van der Waals surface area (Å²) in [4.78, 5) is 35.3. The van der Waals surface area contributed by atoms with Gasteiger partial charge in [-0.05, 0) is 30.0 Å². The summed E-state index contributed by atoms with van der Waals surface area (Å²) in [6.07, 6.45) is 0.872. The first-order valence-corrected chi connectivity index (χ1v) is 8.22. The number of thioether (sulfide) groups is 1. The van der Waals surface area contributed by atoms with Crippen molar-refractivity contribution in [3.63, 3.8) is 0 Å². The van der Waals surface area contributed by atoms with Crippen LogP contribution in [0.15, 0.2) is 50.9 Å². The number of rotatable bonds is 6. The van der Waals surface area contributed by atoms with Crippen molar-refractivity contribution in [3.8, 4) is 5.75 Å². The summed E-state index contributed by atoms with van der Waals surface area (Å²) in [5, 5.41) is 41.4. The number of fused-ring (bicyclic) bond motifs is 1. The first kappa shape index (κ1) is 18.8. The summed E-state index contributed by atoms with van der Waals surface area (Å²) in [5.74, 6) is -2.34. The fourth-order valence-electron chi connectivity index (χ4n) is 2.25. The van der Waals surface area contributed by atoms with E-state index in [9.17, 15) is 35.2 Å². The molecule has 3 aromatic rings. The van der Waals surface area contributed by atoms with Crippen molar-refractivity contribution in [3.05, 3.63) is 67.1 Å². The quantitative estimate of drug-likeness (QED) is 0.268. The second-order valence-corrected chi connectivity index (χ2v) is 6.27. The lowest BCUT2D eigenvalue weighted by molar-refractivity contribution is -0.394. The minimum Gasteiger partial charge on any atom is -0.502 e. The Bertz CT molecular complexity index is 1120. The van der Waals surface area contributed by atoms with E-state index in [2.05, 4.69) is 4.98 Å². The first-order chi connectivity index (χ1) is 13.3. The molecule has 11 nitrogen and oxygen atoms in total. The van der Waals surface area contributed by atoms with Crippen LogP contribution in [0.3, 0.4) is 0 Å². The number of carbonyl (C=O) groups is 1. The van der Waals surface area contributed by atoms with Gasteiger partial charge in [0.25, 0.3) is 10.9 Å². The molecular formula is C16H9N3O8S. The van der Waals surface area contributed by atoms with Gasteiger partial charge >= 0.3 is 11.7 Å². The highest BCUT2D eigenvalue weighted by Gasteiger charge is 2.24. The molecule has 0 aliphatic carbocycles. The lowest BCUT2D eigenvalue weighted by atomic mass is 10.1. The van der Waals surface area contributed by atoms with Gasteiger partial charge in [0.05, 0.1) is 15.9 Å². The zero-order valence-corrected chi connectivity index (χ0v) is 14.5. The topological polar surface area (TPSA) is 170 Å². The Balaban J connectivity index is 2.07.